The Morgan fingerprint density at radius 2 is 1.56 bits per heavy atom. The maximum atomic E-state index is 14.0. The summed E-state index contributed by atoms with van der Waals surface area (Å²) < 4.78 is 34.4. The molecule has 174 valence electrons. The zero-order valence-electron chi connectivity index (χ0n) is 19.3. The van der Waals surface area contributed by atoms with Crippen molar-refractivity contribution in [1.82, 2.24) is 0 Å². The third-order valence-electron chi connectivity index (χ3n) is 5.82. The van der Waals surface area contributed by atoms with Crippen molar-refractivity contribution in [3.63, 3.8) is 0 Å². The molecule has 4 aromatic rings. The molecule has 4 rings (SSSR count). The van der Waals surface area contributed by atoms with Gasteiger partial charge in [-0.1, -0.05) is 48.5 Å². The maximum absolute atomic E-state index is 14.0. The zero-order valence-corrected chi connectivity index (χ0v) is 20.1. The molecule has 0 bridgehead atoms. The van der Waals surface area contributed by atoms with Crippen molar-refractivity contribution in [2.75, 3.05) is 23.3 Å². The minimum atomic E-state index is -4.07. The van der Waals surface area contributed by atoms with Crippen molar-refractivity contribution in [1.29, 1.82) is 0 Å². The quantitative estimate of drug-likeness (QED) is 0.394. The van der Waals surface area contributed by atoms with Gasteiger partial charge in [0.2, 0.25) is 5.91 Å². The first-order chi connectivity index (χ1) is 16.3. The molecule has 0 aromatic heterocycles. The van der Waals surface area contributed by atoms with Crippen LogP contribution in [0.4, 0.5) is 11.4 Å². The van der Waals surface area contributed by atoms with Crippen LogP contribution in [0.2, 0.25) is 0 Å². The summed E-state index contributed by atoms with van der Waals surface area (Å²) in [6.45, 7) is 3.40. The van der Waals surface area contributed by atoms with E-state index < -0.39 is 15.9 Å². The largest absolute Gasteiger partial charge is 0.497 e. The van der Waals surface area contributed by atoms with Crippen molar-refractivity contribution in [3.8, 4) is 5.75 Å². The number of carbonyl (C=O) groups excluding carboxylic acids is 1. The molecule has 0 aliphatic rings. The van der Waals surface area contributed by atoms with Crippen molar-refractivity contribution in [2.45, 2.75) is 18.7 Å². The Labute approximate surface area is 199 Å². The van der Waals surface area contributed by atoms with Crippen molar-refractivity contribution < 1.29 is 17.9 Å². The fraction of sp³-hybridized carbons (Fsp3) is 0.148. The van der Waals surface area contributed by atoms with E-state index in [1.165, 1.54) is 4.31 Å². The van der Waals surface area contributed by atoms with Gasteiger partial charge in [0.15, 0.2) is 0 Å². The number of carbonyl (C=O) groups is 1. The van der Waals surface area contributed by atoms with Gasteiger partial charge in [0.1, 0.15) is 12.3 Å². The third-order valence-corrected chi connectivity index (χ3v) is 7.64. The normalized spacial score (nSPS) is 11.3. The van der Waals surface area contributed by atoms with Gasteiger partial charge in [-0.25, -0.2) is 8.42 Å². The Kier molecular flexibility index (Phi) is 6.56. The zero-order chi connectivity index (χ0) is 24.3. The molecule has 0 saturated heterocycles. The molecule has 7 heteroatoms. The number of aryl methyl sites for hydroxylation is 1. The molecule has 0 aliphatic carbocycles. The van der Waals surface area contributed by atoms with Gasteiger partial charge < -0.3 is 10.1 Å². The molecule has 0 unspecified atom stereocenters. The van der Waals surface area contributed by atoms with Gasteiger partial charge in [0, 0.05) is 11.1 Å². The van der Waals surface area contributed by atoms with E-state index in [9.17, 15) is 13.2 Å². The summed E-state index contributed by atoms with van der Waals surface area (Å²) in [7, 11) is -2.50. The summed E-state index contributed by atoms with van der Waals surface area (Å²) in [5.41, 5.74) is 2.75. The number of sulfonamides is 1. The van der Waals surface area contributed by atoms with Gasteiger partial charge in [0.05, 0.1) is 17.7 Å². The Bertz CT molecular complexity index is 1440. The summed E-state index contributed by atoms with van der Waals surface area (Å²) in [6, 6.07) is 24.8. The number of methoxy groups -OCH3 is 1. The van der Waals surface area contributed by atoms with Gasteiger partial charge in [-0.05, 0) is 66.8 Å². The molecule has 0 spiro atoms. The smallest absolute Gasteiger partial charge is 0.265 e. The van der Waals surface area contributed by atoms with Crippen LogP contribution in [-0.2, 0) is 14.8 Å². The highest BCUT2D eigenvalue weighted by Crippen LogP contribution is 2.32. The summed E-state index contributed by atoms with van der Waals surface area (Å²) in [5.74, 6) is 0.212. The van der Waals surface area contributed by atoms with Gasteiger partial charge in [0.25, 0.3) is 10.0 Å². The van der Waals surface area contributed by atoms with E-state index in [-0.39, 0.29) is 11.4 Å². The molecule has 0 fully saturated rings. The molecule has 6 nitrogen and oxygen atoms in total. The molecule has 0 radical (unpaired) electrons. The topological polar surface area (TPSA) is 75.7 Å². The molecular formula is C27H26N2O4S. The van der Waals surface area contributed by atoms with Crippen LogP contribution in [0.15, 0.2) is 89.8 Å². The number of hydrogen-bond donors (Lipinski definition) is 1. The van der Waals surface area contributed by atoms with Gasteiger partial charge in [-0.3, -0.25) is 9.10 Å². The molecule has 0 heterocycles. The second-order valence-electron chi connectivity index (χ2n) is 7.98. The fourth-order valence-corrected chi connectivity index (χ4v) is 5.55. The molecule has 0 saturated carbocycles. The van der Waals surface area contributed by atoms with Crippen LogP contribution in [-0.4, -0.2) is 28.0 Å². The van der Waals surface area contributed by atoms with E-state index in [4.69, 9.17) is 4.74 Å². The first-order valence-electron chi connectivity index (χ1n) is 10.8. The van der Waals surface area contributed by atoms with Gasteiger partial charge in [-0.15, -0.1) is 0 Å². The number of nitrogens with one attached hydrogen (secondary N) is 1. The van der Waals surface area contributed by atoms with Crippen LogP contribution >= 0.6 is 0 Å². The minimum Gasteiger partial charge on any atom is -0.497 e. The summed E-state index contributed by atoms with van der Waals surface area (Å²) >= 11 is 0. The number of anilines is 2. The van der Waals surface area contributed by atoms with Gasteiger partial charge >= 0.3 is 0 Å². The lowest BCUT2D eigenvalue weighted by atomic mass is 10.1. The predicted octanol–water partition coefficient (Wildman–Crippen LogP) is 5.30. The van der Waals surface area contributed by atoms with E-state index in [0.29, 0.717) is 22.5 Å². The predicted molar refractivity (Wildman–Crippen MR) is 136 cm³/mol. The lowest BCUT2D eigenvalue weighted by Crippen LogP contribution is -2.38. The van der Waals surface area contributed by atoms with E-state index in [1.54, 1.807) is 67.8 Å². The Morgan fingerprint density at radius 3 is 2.29 bits per heavy atom. The fourth-order valence-electron chi connectivity index (χ4n) is 3.85. The molecule has 4 aromatic carbocycles. The molecule has 1 N–H and O–H groups in total. The minimum absolute atomic E-state index is 0.156. The SMILES string of the molecule is COc1ccc(NC(=O)CN(c2cccc(C)c2C)S(=O)(=O)c2cccc3ccccc23)cc1. The number of hydrogen-bond acceptors (Lipinski definition) is 4. The summed E-state index contributed by atoms with van der Waals surface area (Å²) in [6.07, 6.45) is 0. The van der Waals surface area contributed by atoms with E-state index in [1.807, 2.05) is 38.1 Å². The molecule has 1 amide bonds. The van der Waals surface area contributed by atoms with Crippen molar-refractivity contribution in [2.24, 2.45) is 0 Å². The highest BCUT2D eigenvalue weighted by atomic mass is 32.2. The highest BCUT2D eigenvalue weighted by Gasteiger charge is 2.30. The van der Waals surface area contributed by atoms with Crippen LogP contribution in [0.1, 0.15) is 11.1 Å². The first-order valence-corrected chi connectivity index (χ1v) is 12.3. The highest BCUT2D eigenvalue weighted by molar-refractivity contribution is 7.93. The standard InChI is InChI=1S/C27H26N2O4S/c1-19-8-6-12-25(20(19)2)29(18-27(30)28-22-14-16-23(33-3)17-15-22)34(31,32)26-13-7-10-21-9-4-5-11-24(21)26/h4-17H,18H2,1-3H3,(H,28,30). The average molecular weight is 475 g/mol. The molecular weight excluding hydrogens is 448 g/mol. The monoisotopic (exact) mass is 474 g/mol. The summed E-state index contributed by atoms with van der Waals surface area (Å²) in [4.78, 5) is 13.2. The van der Waals surface area contributed by atoms with Gasteiger partial charge in [-0.2, -0.15) is 0 Å². The Hall–Kier alpha value is -3.84. The number of ether oxygens (including phenoxy) is 1. The van der Waals surface area contributed by atoms with Crippen LogP contribution in [0, 0.1) is 13.8 Å². The van der Waals surface area contributed by atoms with Crippen LogP contribution in [0.25, 0.3) is 10.8 Å². The lowest BCUT2D eigenvalue weighted by molar-refractivity contribution is -0.114. The van der Waals surface area contributed by atoms with E-state index in [0.717, 1.165) is 16.5 Å². The number of nitrogens with zero attached hydrogens (tertiary/aromatic N) is 1. The Balaban J connectivity index is 1.76. The lowest BCUT2D eigenvalue weighted by Gasteiger charge is -2.27. The first kappa shape index (κ1) is 23.3. The van der Waals surface area contributed by atoms with E-state index >= 15 is 0 Å². The second-order valence-corrected chi connectivity index (χ2v) is 9.82. The van der Waals surface area contributed by atoms with Crippen LogP contribution in [0.3, 0.4) is 0 Å². The Morgan fingerprint density at radius 1 is 0.882 bits per heavy atom. The number of rotatable bonds is 7. The van der Waals surface area contributed by atoms with Crippen LogP contribution in [0.5, 0.6) is 5.75 Å². The molecule has 0 aliphatic heterocycles. The number of amides is 1. The average Bonchev–Trinajstić information content (AvgIpc) is 2.84. The summed E-state index contributed by atoms with van der Waals surface area (Å²) in [5, 5.41) is 4.21. The third kappa shape index (κ3) is 4.61. The second kappa shape index (κ2) is 9.57. The maximum Gasteiger partial charge on any atom is 0.265 e. The van der Waals surface area contributed by atoms with Crippen molar-refractivity contribution >= 4 is 38.1 Å². The molecule has 34 heavy (non-hydrogen) atoms. The molecule has 0 atom stereocenters. The van der Waals surface area contributed by atoms with Crippen LogP contribution < -0.4 is 14.4 Å². The number of benzene rings is 4. The van der Waals surface area contributed by atoms with Crippen molar-refractivity contribution in [3.05, 3.63) is 96.1 Å². The number of fused-ring (bicyclic) bond motifs is 1. The van der Waals surface area contributed by atoms with E-state index in [2.05, 4.69) is 5.32 Å².